The van der Waals surface area contributed by atoms with Gasteiger partial charge in [0.15, 0.2) is 0 Å². The van der Waals surface area contributed by atoms with Crippen molar-refractivity contribution in [3.05, 3.63) is 28.8 Å². The first-order chi connectivity index (χ1) is 8.04. The standard InChI is InChI=1S/C11H12ClN3O2/c12-8-1-2-9(13)7(3-8)4-15-5-10(16)14-11(17)6-15/h1-3H,4-6,13H2,(H,14,16,17). The summed E-state index contributed by atoms with van der Waals surface area (Å²) < 4.78 is 0. The maximum atomic E-state index is 11.2. The monoisotopic (exact) mass is 253 g/mol. The van der Waals surface area contributed by atoms with Gasteiger partial charge in [-0.25, -0.2) is 0 Å². The van der Waals surface area contributed by atoms with E-state index in [-0.39, 0.29) is 24.9 Å². The van der Waals surface area contributed by atoms with Crippen molar-refractivity contribution in [1.82, 2.24) is 10.2 Å². The molecule has 0 aliphatic carbocycles. The molecule has 0 unspecified atom stereocenters. The summed E-state index contributed by atoms with van der Waals surface area (Å²) in [6, 6.07) is 5.16. The maximum Gasteiger partial charge on any atom is 0.240 e. The summed E-state index contributed by atoms with van der Waals surface area (Å²) in [6.45, 7) is 0.820. The zero-order valence-electron chi connectivity index (χ0n) is 9.07. The lowest BCUT2D eigenvalue weighted by Gasteiger charge is -2.25. The Hall–Kier alpha value is -1.59. The molecule has 6 heteroatoms. The zero-order valence-corrected chi connectivity index (χ0v) is 9.83. The molecule has 0 spiro atoms. The van der Waals surface area contributed by atoms with Crippen molar-refractivity contribution in [3.63, 3.8) is 0 Å². The summed E-state index contributed by atoms with van der Waals surface area (Å²) in [5.74, 6) is -0.580. The van der Waals surface area contributed by atoms with Crippen LogP contribution < -0.4 is 11.1 Å². The Morgan fingerprint density at radius 2 is 1.94 bits per heavy atom. The quantitative estimate of drug-likeness (QED) is 0.590. The minimum Gasteiger partial charge on any atom is -0.398 e. The molecule has 1 heterocycles. The topological polar surface area (TPSA) is 75.4 Å². The number of nitrogens with two attached hydrogens (primary N) is 1. The first-order valence-electron chi connectivity index (χ1n) is 5.13. The molecule has 90 valence electrons. The number of halogens is 1. The number of hydrogen-bond donors (Lipinski definition) is 2. The third-order valence-corrected chi connectivity index (χ3v) is 2.75. The van der Waals surface area contributed by atoms with Gasteiger partial charge in [-0.15, -0.1) is 0 Å². The second-order valence-corrected chi connectivity index (χ2v) is 4.40. The Bertz CT molecular complexity index is 460. The van der Waals surface area contributed by atoms with E-state index in [2.05, 4.69) is 5.32 Å². The van der Waals surface area contributed by atoms with Gasteiger partial charge in [-0.3, -0.25) is 19.8 Å². The number of nitrogens with zero attached hydrogens (tertiary/aromatic N) is 1. The van der Waals surface area contributed by atoms with Gasteiger partial charge in [-0.1, -0.05) is 11.6 Å². The van der Waals surface area contributed by atoms with Gasteiger partial charge in [0.05, 0.1) is 13.1 Å². The molecule has 1 aliphatic heterocycles. The summed E-state index contributed by atoms with van der Waals surface area (Å²) in [6.07, 6.45) is 0. The molecule has 0 atom stereocenters. The van der Waals surface area contributed by atoms with Crippen LogP contribution in [0.5, 0.6) is 0 Å². The number of nitrogen functional groups attached to an aromatic ring is 1. The summed E-state index contributed by atoms with van der Waals surface area (Å²) >= 11 is 5.87. The van der Waals surface area contributed by atoms with Crippen LogP contribution in [0.1, 0.15) is 5.56 Å². The van der Waals surface area contributed by atoms with Gasteiger partial charge in [-0.05, 0) is 23.8 Å². The number of amides is 2. The number of anilines is 1. The minimum atomic E-state index is -0.290. The minimum absolute atomic E-state index is 0.192. The van der Waals surface area contributed by atoms with Gasteiger partial charge in [0.1, 0.15) is 0 Å². The van der Waals surface area contributed by atoms with Crippen LogP contribution in [-0.4, -0.2) is 29.8 Å². The Labute approximate surface area is 104 Å². The van der Waals surface area contributed by atoms with E-state index >= 15 is 0 Å². The van der Waals surface area contributed by atoms with Crippen molar-refractivity contribution < 1.29 is 9.59 Å². The molecule has 0 bridgehead atoms. The van der Waals surface area contributed by atoms with Crippen LogP contribution in [-0.2, 0) is 16.1 Å². The molecular weight excluding hydrogens is 242 g/mol. The van der Waals surface area contributed by atoms with E-state index < -0.39 is 0 Å². The van der Waals surface area contributed by atoms with Crippen molar-refractivity contribution in [1.29, 1.82) is 0 Å². The van der Waals surface area contributed by atoms with Crippen molar-refractivity contribution in [2.24, 2.45) is 0 Å². The van der Waals surface area contributed by atoms with Crippen LogP contribution in [0.15, 0.2) is 18.2 Å². The lowest BCUT2D eigenvalue weighted by atomic mass is 10.1. The average Bonchev–Trinajstić information content (AvgIpc) is 2.22. The summed E-state index contributed by atoms with van der Waals surface area (Å²) in [5, 5.41) is 2.83. The fraction of sp³-hybridized carbons (Fsp3) is 0.273. The molecule has 1 aliphatic rings. The highest BCUT2D eigenvalue weighted by atomic mass is 35.5. The average molecular weight is 254 g/mol. The highest BCUT2D eigenvalue weighted by Crippen LogP contribution is 2.19. The largest absolute Gasteiger partial charge is 0.398 e. The van der Waals surface area contributed by atoms with Gasteiger partial charge < -0.3 is 5.73 Å². The van der Waals surface area contributed by atoms with Crippen LogP contribution in [0.25, 0.3) is 0 Å². The third kappa shape index (κ3) is 2.95. The predicted octanol–water partition coefficient (Wildman–Crippen LogP) is 0.381. The molecule has 1 aromatic carbocycles. The van der Waals surface area contributed by atoms with Crippen LogP contribution in [0, 0.1) is 0 Å². The van der Waals surface area contributed by atoms with E-state index in [4.69, 9.17) is 17.3 Å². The molecule has 1 aromatic rings. The van der Waals surface area contributed by atoms with E-state index in [9.17, 15) is 9.59 Å². The molecule has 2 amide bonds. The lowest BCUT2D eigenvalue weighted by Crippen LogP contribution is -2.50. The third-order valence-electron chi connectivity index (χ3n) is 2.51. The first-order valence-corrected chi connectivity index (χ1v) is 5.51. The normalized spacial score (nSPS) is 17.0. The number of hydrogen-bond acceptors (Lipinski definition) is 4. The number of imide groups is 1. The van der Waals surface area contributed by atoms with Crippen molar-refractivity contribution in [2.75, 3.05) is 18.8 Å². The molecule has 1 saturated heterocycles. The van der Waals surface area contributed by atoms with Gasteiger partial charge in [0, 0.05) is 17.3 Å². The van der Waals surface area contributed by atoms with Gasteiger partial charge in [0.2, 0.25) is 11.8 Å². The van der Waals surface area contributed by atoms with Crippen LogP contribution in [0.3, 0.4) is 0 Å². The van der Waals surface area contributed by atoms with Gasteiger partial charge >= 0.3 is 0 Å². The van der Waals surface area contributed by atoms with Crippen molar-refractivity contribution in [3.8, 4) is 0 Å². The first kappa shape index (κ1) is 11.9. The number of piperazine rings is 1. The second kappa shape index (κ2) is 4.73. The highest BCUT2D eigenvalue weighted by Gasteiger charge is 2.22. The molecule has 1 fully saturated rings. The lowest BCUT2D eigenvalue weighted by molar-refractivity contribution is -0.136. The molecule has 3 N–H and O–H groups in total. The highest BCUT2D eigenvalue weighted by molar-refractivity contribution is 6.30. The second-order valence-electron chi connectivity index (χ2n) is 3.96. The molecule has 0 saturated carbocycles. The van der Waals surface area contributed by atoms with Crippen molar-refractivity contribution >= 4 is 29.1 Å². The molecule has 17 heavy (non-hydrogen) atoms. The molecular formula is C11H12ClN3O2. The Balaban J connectivity index is 2.12. The molecule has 2 rings (SSSR count). The summed E-state index contributed by atoms with van der Waals surface area (Å²) in [4.78, 5) is 24.1. The Kier molecular flexibility index (Phi) is 3.31. The van der Waals surface area contributed by atoms with E-state index in [0.717, 1.165) is 5.56 Å². The molecule has 0 radical (unpaired) electrons. The number of carbonyl (C=O) groups excluding carboxylic acids is 2. The summed E-state index contributed by atoms with van der Waals surface area (Å²) in [5.41, 5.74) is 7.23. The van der Waals surface area contributed by atoms with Crippen LogP contribution in [0.4, 0.5) is 5.69 Å². The molecule has 0 aromatic heterocycles. The Morgan fingerprint density at radius 3 is 2.59 bits per heavy atom. The van der Waals surface area contributed by atoms with Crippen LogP contribution >= 0.6 is 11.6 Å². The smallest absolute Gasteiger partial charge is 0.240 e. The fourth-order valence-electron chi connectivity index (χ4n) is 1.76. The number of benzene rings is 1. The zero-order chi connectivity index (χ0) is 12.4. The number of rotatable bonds is 2. The van der Waals surface area contributed by atoms with E-state index in [0.29, 0.717) is 17.3 Å². The van der Waals surface area contributed by atoms with Crippen LogP contribution in [0.2, 0.25) is 5.02 Å². The SMILES string of the molecule is Nc1ccc(Cl)cc1CN1CC(=O)NC(=O)C1. The maximum absolute atomic E-state index is 11.2. The fourth-order valence-corrected chi connectivity index (χ4v) is 1.96. The Morgan fingerprint density at radius 1 is 1.29 bits per heavy atom. The predicted molar refractivity (Wildman–Crippen MR) is 64.3 cm³/mol. The van der Waals surface area contributed by atoms with E-state index in [1.165, 1.54) is 0 Å². The van der Waals surface area contributed by atoms with Gasteiger partial charge in [-0.2, -0.15) is 0 Å². The number of carbonyl (C=O) groups is 2. The van der Waals surface area contributed by atoms with Crippen molar-refractivity contribution in [2.45, 2.75) is 6.54 Å². The summed E-state index contributed by atoms with van der Waals surface area (Å²) in [7, 11) is 0. The van der Waals surface area contributed by atoms with E-state index in [1.807, 2.05) is 0 Å². The van der Waals surface area contributed by atoms with Gasteiger partial charge in [0.25, 0.3) is 0 Å². The van der Waals surface area contributed by atoms with E-state index in [1.54, 1.807) is 23.1 Å². The number of nitrogens with one attached hydrogen (secondary N) is 1. The molecule has 5 nitrogen and oxygen atoms in total.